The summed E-state index contributed by atoms with van der Waals surface area (Å²) in [6.07, 6.45) is -10.2. The number of rotatable bonds is 16. The molecule has 0 aromatic carbocycles. The first-order valence-corrected chi connectivity index (χ1v) is 22.5. The summed E-state index contributed by atoms with van der Waals surface area (Å²) in [5.41, 5.74) is -4.52. The van der Waals surface area contributed by atoms with E-state index in [2.05, 4.69) is 14.5 Å². The van der Waals surface area contributed by atoms with Crippen molar-refractivity contribution in [2.24, 2.45) is 0 Å². The summed E-state index contributed by atoms with van der Waals surface area (Å²) < 4.78 is 83.5. The number of hydrogen-bond donors (Lipinski definition) is 8. The highest BCUT2D eigenvalue weighted by Gasteiger charge is 2.47. The molecular formula is C30H41N6O22P3. The molecule has 0 saturated carbocycles. The van der Waals surface area contributed by atoms with Crippen LogP contribution < -0.4 is 33.7 Å². The monoisotopic (exact) mass is 930 g/mol. The number of hydrogen-bond acceptors (Lipinski definition) is 18. The number of ether oxygens (including phenoxy) is 3. The van der Waals surface area contributed by atoms with E-state index in [4.69, 9.17) is 32.3 Å². The number of aliphatic hydroxyl groups is 1. The fraction of sp³-hybridized carbons (Fsp3) is 0.600. The Labute approximate surface area is 340 Å². The van der Waals surface area contributed by atoms with Gasteiger partial charge in [0.2, 0.25) is 0 Å². The Morgan fingerprint density at radius 2 is 0.902 bits per heavy atom. The first-order valence-electron chi connectivity index (χ1n) is 18.0. The van der Waals surface area contributed by atoms with Crippen molar-refractivity contribution < 1.29 is 75.2 Å². The summed E-state index contributed by atoms with van der Waals surface area (Å²) in [4.78, 5) is 120. The molecule has 3 aliphatic heterocycles. The highest BCUT2D eigenvalue weighted by Crippen LogP contribution is 2.52. The summed E-state index contributed by atoms with van der Waals surface area (Å²) in [6.45, 7) is 1.52. The van der Waals surface area contributed by atoms with Crippen LogP contribution in [0.1, 0.15) is 54.6 Å². The van der Waals surface area contributed by atoms with E-state index in [1.54, 1.807) is 0 Å². The molecule has 0 bridgehead atoms. The van der Waals surface area contributed by atoms with Gasteiger partial charge in [0, 0.05) is 54.5 Å². The summed E-state index contributed by atoms with van der Waals surface area (Å²) in [5.74, 6) is 0. The number of aromatic nitrogens is 6. The second-order valence-electron chi connectivity index (χ2n) is 14.2. The zero-order valence-corrected chi connectivity index (χ0v) is 34.7. The van der Waals surface area contributed by atoms with Gasteiger partial charge in [0.05, 0.1) is 25.9 Å². The lowest BCUT2D eigenvalue weighted by Crippen LogP contribution is -2.33. The predicted octanol–water partition coefficient (Wildman–Crippen LogP) is -2.10. The summed E-state index contributed by atoms with van der Waals surface area (Å²) in [5, 5.41) is 10.6. The normalized spacial score (nSPS) is 28.8. The zero-order chi connectivity index (χ0) is 44.8. The van der Waals surface area contributed by atoms with Gasteiger partial charge in [-0.25, -0.2) is 28.1 Å². The van der Waals surface area contributed by atoms with Gasteiger partial charge in [0.1, 0.15) is 49.2 Å². The molecule has 0 spiro atoms. The fourth-order valence-corrected chi connectivity index (χ4v) is 8.87. The minimum absolute atomic E-state index is 0.0613. The number of H-pyrrole nitrogens is 3. The highest BCUT2D eigenvalue weighted by molar-refractivity contribution is 7.47. The van der Waals surface area contributed by atoms with Gasteiger partial charge in [0.25, 0.3) is 16.7 Å². The van der Waals surface area contributed by atoms with Crippen LogP contribution in [0.15, 0.2) is 47.4 Å². The van der Waals surface area contributed by atoms with Gasteiger partial charge < -0.3 is 38.9 Å². The predicted molar refractivity (Wildman–Crippen MR) is 199 cm³/mol. The maximum absolute atomic E-state index is 13.4. The minimum Gasteiger partial charge on any atom is -0.390 e. The average molecular weight is 931 g/mol. The van der Waals surface area contributed by atoms with E-state index in [-0.39, 0.29) is 23.1 Å². The smallest absolute Gasteiger partial charge is 0.390 e. The number of nitrogens with one attached hydrogen (secondary N) is 3. The Balaban J connectivity index is 1.16. The molecule has 8 N–H and O–H groups in total. The number of aliphatic hydroxyl groups excluding tert-OH is 1. The van der Waals surface area contributed by atoms with Gasteiger partial charge in [0.15, 0.2) is 0 Å². The van der Waals surface area contributed by atoms with Crippen LogP contribution in [-0.2, 0) is 50.5 Å². The van der Waals surface area contributed by atoms with Gasteiger partial charge in [-0.2, -0.15) is 0 Å². The third-order valence-corrected chi connectivity index (χ3v) is 12.2. The van der Waals surface area contributed by atoms with Crippen LogP contribution in [0.25, 0.3) is 0 Å². The molecule has 61 heavy (non-hydrogen) atoms. The van der Waals surface area contributed by atoms with E-state index in [9.17, 15) is 67.1 Å². The number of nitrogens with zero attached hydrogens (tertiary/aromatic N) is 3. The lowest BCUT2D eigenvalue weighted by Gasteiger charge is -2.24. The highest BCUT2D eigenvalue weighted by atomic mass is 31.2. The summed E-state index contributed by atoms with van der Waals surface area (Å²) >= 11 is 0. The Hall–Kier alpha value is -3.79. The van der Waals surface area contributed by atoms with Crippen molar-refractivity contribution in [2.75, 3.05) is 19.8 Å². The van der Waals surface area contributed by atoms with Crippen molar-refractivity contribution in [2.45, 2.75) is 95.3 Å². The minimum atomic E-state index is -5.29. The lowest BCUT2D eigenvalue weighted by atomic mass is 10.2. The molecule has 6 rings (SSSR count). The molecule has 338 valence electrons. The van der Waals surface area contributed by atoms with E-state index >= 15 is 0 Å². The topological polar surface area (TPSA) is 391 Å². The van der Waals surface area contributed by atoms with Crippen LogP contribution in [0, 0.1) is 20.8 Å². The molecule has 3 fully saturated rings. The second kappa shape index (κ2) is 18.1. The van der Waals surface area contributed by atoms with Gasteiger partial charge in [-0.1, -0.05) is 0 Å². The summed E-state index contributed by atoms with van der Waals surface area (Å²) in [7, 11) is -15.6. The number of aryl methyl sites for hydroxylation is 3. The Bertz CT molecular complexity index is 2630. The zero-order valence-electron chi connectivity index (χ0n) is 32.0. The van der Waals surface area contributed by atoms with Gasteiger partial charge in [-0.3, -0.25) is 65.7 Å². The van der Waals surface area contributed by atoms with E-state index in [0.717, 1.165) is 26.1 Å². The lowest BCUT2D eigenvalue weighted by molar-refractivity contribution is -0.0617. The van der Waals surface area contributed by atoms with Crippen LogP contribution in [0.3, 0.4) is 0 Å². The van der Waals surface area contributed by atoms with E-state index in [1.807, 2.05) is 4.98 Å². The number of phosphoric acid groups is 3. The average Bonchev–Trinajstić information content (AvgIpc) is 3.85. The van der Waals surface area contributed by atoms with Crippen molar-refractivity contribution >= 4 is 23.5 Å². The number of phosphoric ester groups is 3. The van der Waals surface area contributed by atoms with Crippen molar-refractivity contribution in [1.82, 2.24) is 28.7 Å². The quantitative estimate of drug-likeness (QED) is 0.0713. The van der Waals surface area contributed by atoms with E-state index in [1.165, 1.54) is 27.0 Å². The van der Waals surface area contributed by atoms with Crippen molar-refractivity contribution in [1.29, 1.82) is 0 Å². The molecule has 0 aliphatic carbocycles. The van der Waals surface area contributed by atoms with Crippen LogP contribution in [0.4, 0.5) is 0 Å². The maximum atomic E-state index is 13.4. The van der Waals surface area contributed by atoms with Crippen LogP contribution in [-0.4, -0.2) is 110 Å². The van der Waals surface area contributed by atoms with Crippen molar-refractivity contribution in [3.05, 3.63) is 97.8 Å². The molecule has 0 radical (unpaired) electrons. The summed E-state index contributed by atoms with van der Waals surface area (Å²) in [6, 6.07) is 0. The largest absolute Gasteiger partial charge is 0.472 e. The second-order valence-corrected chi connectivity index (χ2v) is 18.3. The first-order chi connectivity index (χ1) is 28.4. The standard InChI is InChI=1S/C30H41N6O22P3/c1-13-7-34(28(41)31-25(13)38)22-4-16(37)19(54-22)10-52-60(47,48)58-18-6-24(36-9-15(3)27(40)33-30(36)43)56-21(18)12-53-61(49,50)57-17-5-23(55-20(17)11-51-59(44,45)46)35-8-14(2)26(39)32-29(35)42/h7-9,16-24,37H,4-6,10-12H2,1-3H3,(H,47,48)(H,49,50)(H,31,38,41)(H,32,39,42)(H,33,40,43)(H2,44,45,46). The molecule has 11 unspecified atom stereocenters. The molecule has 3 aliphatic rings. The molecule has 28 nitrogen and oxygen atoms in total. The SMILES string of the molecule is Cc1cn(C2CC(O)C(COP(=O)(O)OC3CC(n4cc(C)c(=O)[nH]c4=O)OC3COP(=O)(O)OC3CC(n4cc(C)c(=O)[nH]c4=O)OC3COP(=O)(O)O)O2)c(=O)[nH]c1=O. The molecule has 3 aromatic rings. The molecule has 31 heteroatoms. The van der Waals surface area contributed by atoms with Crippen molar-refractivity contribution in [3.63, 3.8) is 0 Å². The van der Waals surface area contributed by atoms with Crippen LogP contribution in [0.5, 0.6) is 0 Å². The van der Waals surface area contributed by atoms with E-state index in [0.29, 0.717) is 0 Å². The van der Waals surface area contributed by atoms with Crippen LogP contribution in [0.2, 0.25) is 0 Å². The molecule has 3 aromatic heterocycles. The Morgan fingerprint density at radius 3 is 1.28 bits per heavy atom. The fourth-order valence-electron chi connectivity index (χ4n) is 6.61. The van der Waals surface area contributed by atoms with Gasteiger partial charge in [-0.15, -0.1) is 0 Å². The van der Waals surface area contributed by atoms with Gasteiger partial charge >= 0.3 is 40.5 Å². The molecule has 0 amide bonds. The Morgan fingerprint density at radius 1 is 0.574 bits per heavy atom. The molecule has 6 heterocycles. The molecule has 3 saturated heterocycles. The third-order valence-electron chi connectivity index (χ3n) is 9.68. The van der Waals surface area contributed by atoms with Crippen LogP contribution >= 0.6 is 23.5 Å². The first kappa shape index (κ1) is 46.7. The maximum Gasteiger partial charge on any atom is 0.472 e. The molecule has 11 atom stereocenters. The van der Waals surface area contributed by atoms with E-state index < -0.39 is 145 Å². The Kier molecular flexibility index (Phi) is 13.9. The number of aromatic amines is 3. The molecular weight excluding hydrogens is 889 g/mol. The third kappa shape index (κ3) is 11.4. The van der Waals surface area contributed by atoms with Crippen molar-refractivity contribution in [3.8, 4) is 0 Å². The van der Waals surface area contributed by atoms with Gasteiger partial charge in [-0.05, 0) is 20.8 Å².